The second kappa shape index (κ2) is 2.85. The van der Waals surface area contributed by atoms with E-state index in [1.54, 1.807) is 13.1 Å². The van der Waals surface area contributed by atoms with Gasteiger partial charge in [0.15, 0.2) is 5.82 Å². The van der Waals surface area contributed by atoms with Gasteiger partial charge in [-0.25, -0.2) is 9.97 Å². The summed E-state index contributed by atoms with van der Waals surface area (Å²) in [7, 11) is 0. The minimum absolute atomic E-state index is 0.168. The van der Waals surface area contributed by atoms with Crippen molar-refractivity contribution in [3.63, 3.8) is 0 Å². The molecule has 1 aromatic heterocycles. The topological polar surface area (TPSA) is 66.9 Å². The van der Waals surface area contributed by atoms with Gasteiger partial charge in [-0.05, 0) is 6.92 Å². The maximum absolute atomic E-state index is 11.2. The van der Waals surface area contributed by atoms with Crippen LogP contribution in [0.1, 0.15) is 6.92 Å². The SMILES string of the molecule is CC1=CC(=O)Nc2cncnc2N1. The number of fused-ring (bicyclic) bond motifs is 1. The minimum atomic E-state index is -0.168. The van der Waals surface area contributed by atoms with Crippen molar-refractivity contribution in [2.24, 2.45) is 0 Å². The number of nitrogens with one attached hydrogen (secondary N) is 2. The van der Waals surface area contributed by atoms with E-state index in [9.17, 15) is 4.79 Å². The van der Waals surface area contributed by atoms with Gasteiger partial charge in [-0.1, -0.05) is 0 Å². The van der Waals surface area contributed by atoms with Crippen LogP contribution in [0.2, 0.25) is 0 Å². The van der Waals surface area contributed by atoms with Crippen LogP contribution in [0.3, 0.4) is 0 Å². The third-order valence-corrected chi connectivity index (χ3v) is 1.63. The van der Waals surface area contributed by atoms with E-state index in [1.165, 1.54) is 12.4 Å². The summed E-state index contributed by atoms with van der Waals surface area (Å²) < 4.78 is 0. The lowest BCUT2D eigenvalue weighted by molar-refractivity contribution is -0.111. The van der Waals surface area contributed by atoms with Crippen LogP contribution >= 0.6 is 0 Å². The number of anilines is 2. The molecule has 0 fully saturated rings. The van der Waals surface area contributed by atoms with Crippen molar-refractivity contribution in [2.75, 3.05) is 10.6 Å². The van der Waals surface area contributed by atoms with Crippen LogP contribution in [0.15, 0.2) is 24.3 Å². The molecule has 66 valence electrons. The highest BCUT2D eigenvalue weighted by molar-refractivity contribution is 6.03. The summed E-state index contributed by atoms with van der Waals surface area (Å²) in [5.41, 5.74) is 1.36. The molecule has 0 radical (unpaired) electrons. The van der Waals surface area contributed by atoms with Gasteiger partial charge in [0.05, 0.1) is 6.20 Å². The Morgan fingerprint density at radius 3 is 3.08 bits per heavy atom. The summed E-state index contributed by atoms with van der Waals surface area (Å²) in [6.45, 7) is 1.80. The largest absolute Gasteiger partial charge is 0.342 e. The molecule has 0 saturated heterocycles. The van der Waals surface area contributed by atoms with Crippen LogP contribution in [-0.2, 0) is 4.79 Å². The van der Waals surface area contributed by atoms with Crippen molar-refractivity contribution in [1.82, 2.24) is 9.97 Å². The van der Waals surface area contributed by atoms with Gasteiger partial charge in [-0.15, -0.1) is 0 Å². The zero-order valence-electron chi connectivity index (χ0n) is 7.03. The molecule has 1 aliphatic heterocycles. The number of amides is 1. The Labute approximate surface area is 74.9 Å². The van der Waals surface area contributed by atoms with Gasteiger partial charge in [-0.2, -0.15) is 0 Å². The zero-order chi connectivity index (χ0) is 9.26. The molecule has 0 spiro atoms. The standard InChI is InChI=1S/C8H8N4O/c1-5-2-7(13)12-6-3-9-4-10-8(6)11-5/h2-4H,1H3,(H,12,13)(H,9,10,11). The normalized spacial score (nSPS) is 14.8. The molecule has 5 heteroatoms. The fourth-order valence-corrected chi connectivity index (χ4v) is 1.11. The second-order valence-electron chi connectivity index (χ2n) is 2.73. The van der Waals surface area contributed by atoms with E-state index in [2.05, 4.69) is 20.6 Å². The Kier molecular flexibility index (Phi) is 1.70. The summed E-state index contributed by atoms with van der Waals surface area (Å²) in [5.74, 6) is 0.452. The molecule has 2 rings (SSSR count). The van der Waals surface area contributed by atoms with Crippen LogP contribution in [-0.4, -0.2) is 15.9 Å². The summed E-state index contributed by atoms with van der Waals surface area (Å²) >= 11 is 0. The average molecular weight is 176 g/mol. The third kappa shape index (κ3) is 1.48. The zero-order valence-corrected chi connectivity index (χ0v) is 7.03. The van der Waals surface area contributed by atoms with Gasteiger partial charge in [0, 0.05) is 11.8 Å². The molecule has 2 N–H and O–H groups in total. The van der Waals surface area contributed by atoms with Gasteiger partial charge in [0.1, 0.15) is 12.0 Å². The maximum Gasteiger partial charge on any atom is 0.250 e. The molecule has 0 aromatic carbocycles. The van der Waals surface area contributed by atoms with E-state index in [1.807, 2.05) is 0 Å². The molecule has 1 aliphatic rings. The average Bonchev–Trinajstić information content (AvgIpc) is 2.20. The molecule has 0 bridgehead atoms. The summed E-state index contributed by atoms with van der Waals surface area (Å²) in [6.07, 6.45) is 4.46. The molecule has 1 aromatic rings. The first-order valence-electron chi connectivity index (χ1n) is 3.82. The van der Waals surface area contributed by atoms with E-state index < -0.39 is 0 Å². The van der Waals surface area contributed by atoms with Crippen molar-refractivity contribution in [1.29, 1.82) is 0 Å². The van der Waals surface area contributed by atoms with Crippen molar-refractivity contribution in [2.45, 2.75) is 6.92 Å². The van der Waals surface area contributed by atoms with Gasteiger partial charge in [-0.3, -0.25) is 4.79 Å². The summed E-state index contributed by atoms with van der Waals surface area (Å²) in [4.78, 5) is 19.0. The lowest BCUT2D eigenvalue weighted by Gasteiger charge is -2.05. The predicted molar refractivity (Wildman–Crippen MR) is 48.0 cm³/mol. The molecular formula is C8H8N4O. The first kappa shape index (κ1) is 7.72. The fraction of sp³-hybridized carbons (Fsp3) is 0.125. The molecule has 2 heterocycles. The first-order valence-corrected chi connectivity index (χ1v) is 3.82. The number of aromatic nitrogens is 2. The predicted octanol–water partition coefficient (Wildman–Crippen LogP) is 0.744. The molecule has 0 atom stereocenters. The number of carbonyl (C=O) groups is 1. The second-order valence-corrected chi connectivity index (χ2v) is 2.73. The van der Waals surface area contributed by atoms with Gasteiger partial charge in [0.2, 0.25) is 5.91 Å². The van der Waals surface area contributed by atoms with Gasteiger partial charge >= 0.3 is 0 Å². The van der Waals surface area contributed by atoms with E-state index in [4.69, 9.17) is 0 Å². The number of carbonyl (C=O) groups excluding carboxylic acids is 1. The summed E-state index contributed by atoms with van der Waals surface area (Å²) in [5, 5.41) is 5.63. The van der Waals surface area contributed by atoms with Gasteiger partial charge < -0.3 is 10.6 Å². The third-order valence-electron chi connectivity index (χ3n) is 1.63. The van der Waals surface area contributed by atoms with Crippen molar-refractivity contribution in [3.8, 4) is 0 Å². The molecular weight excluding hydrogens is 168 g/mol. The summed E-state index contributed by atoms with van der Waals surface area (Å²) in [6, 6.07) is 0. The van der Waals surface area contributed by atoms with Crippen LogP contribution < -0.4 is 10.6 Å². The first-order chi connectivity index (χ1) is 6.25. The number of rotatable bonds is 0. The number of hydrogen-bond acceptors (Lipinski definition) is 4. The smallest absolute Gasteiger partial charge is 0.250 e. The Balaban J connectivity index is 2.46. The van der Waals surface area contributed by atoms with Crippen LogP contribution in [0.4, 0.5) is 11.5 Å². The molecule has 0 aliphatic carbocycles. The molecule has 5 nitrogen and oxygen atoms in total. The van der Waals surface area contributed by atoms with Crippen molar-refractivity contribution in [3.05, 3.63) is 24.3 Å². The van der Waals surface area contributed by atoms with Crippen LogP contribution in [0.25, 0.3) is 0 Å². The van der Waals surface area contributed by atoms with E-state index in [0.717, 1.165) is 5.70 Å². The minimum Gasteiger partial charge on any atom is -0.342 e. The van der Waals surface area contributed by atoms with E-state index in [-0.39, 0.29) is 5.91 Å². The lowest BCUT2D eigenvalue weighted by atomic mass is 10.4. The highest BCUT2D eigenvalue weighted by Gasteiger charge is 2.11. The van der Waals surface area contributed by atoms with E-state index in [0.29, 0.717) is 11.5 Å². The molecule has 0 saturated carbocycles. The monoisotopic (exact) mass is 176 g/mol. The van der Waals surface area contributed by atoms with Crippen molar-refractivity contribution < 1.29 is 4.79 Å². The Morgan fingerprint density at radius 2 is 2.23 bits per heavy atom. The lowest BCUT2D eigenvalue weighted by Crippen LogP contribution is -2.07. The highest BCUT2D eigenvalue weighted by Crippen LogP contribution is 2.20. The highest BCUT2D eigenvalue weighted by atomic mass is 16.1. The maximum atomic E-state index is 11.2. The van der Waals surface area contributed by atoms with E-state index >= 15 is 0 Å². The van der Waals surface area contributed by atoms with Gasteiger partial charge in [0.25, 0.3) is 0 Å². The Morgan fingerprint density at radius 1 is 1.38 bits per heavy atom. The number of nitrogens with zero attached hydrogens (tertiary/aromatic N) is 2. The molecule has 1 amide bonds. The Hall–Kier alpha value is -1.91. The van der Waals surface area contributed by atoms with Crippen LogP contribution in [0, 0.1) is 0 Å². The quantitative estimate of drug-likeness (QED) is 0.612. The molecule has 0 unspecified atom stereocenters. The number of allylic oxidation sites excluding steroid dienone is 1. The fourth-order valence-electron chi connectivity index (χ4n) is 1.11. The number of hydrogen-bond donors (Lipinski definition) is 2. The van der Waals surface area contributed by atoms with Crippen LogP contribution in [0.5, 0.6) is 0 Å². The molecule has 13 heavy (non-hydrogen) atoms. The Bertz CT molecular complexity index is 385. The van der Waals surface area contributed by atoms with Crippen molar-refractivity contribution >= 4 is 17.4 Å².